The molecular formula is C15H18N2O2. The van der Waals surface area contributed by atoms with Crippen molar-refractivity contribution in [3.05, 3.63) is 29.3 Å². The highest BCUT2D eigenvalue weighted by molar-refractivity contribution is 5.98. The summed E-state index contributed by atoms with van der Waals surface area (Å²) in [6.07, 6.45) is 3.65. The second-order valence-electron chi connectivity index (χ2n) is 5.52. The van der Waals surface area contributed by atoms with Gasteiger partial charge >= 0.3 is 0 Å². The summed E-state index contributed by atoms with van der Waals surface area (Å²) in [7, 11) is 0. The first-order chi connectivity index (χ1) is 9.13. The lowest BCUT2D eigenvalue weighted by Crippen LogP contribution is -2.34. The van der Waals surface area contributed by atoms with Crippen LogP contribution in [0.15, 0.2) is 18.2 Å². The van der Waals surface area contributed by atoms with Gasteiger partial charge in [0.2, 0.25) is 5.91 Å². The fourth-order valence-corrected chi connectivity index (χ4v) is 2.53. The van der Waals surface area contributed by atoms with Gasteiger partial charge in [-0.2, -0.15) is 0 Å². The van der Waals surface area contributed by atoms with E-state index in [-0.39, 0.29) is 17.9 Å². The number of fused-ring (bicyclic) bond motifs is 1. The standard InChI is InChI=1S/C15H18N2O2/c1-9(10-2-3-10)16-15(19)12-4-6-13-11(8-12)5-7-14(18)17-13/h4,6,8-10H,2-3,5,7H2,1H3,(H,16,19)(H,17,18). The Morgan fingerprint density at radius 3 is 2.89 bits per heavy atom. The molecule has 19 heavy (non-hydrogen) atoms. The molecule has 1 aliphatic heterocycles. The molecule has 1 aromatic carbocycles. The minimum atomic E-state index is -0.0147. The topological polar surface area (TPSA) is 58.2 Å². The molecule has 2 N–H and O–H groups in total. The lowest BCUT2D eigenvalue weighted by molar-refractivity contribution is -0.116. The SMILES string of the molecule is CC(NC(=O)c1ccc2c(c1)CCC(=O)N2)C1CC1. The van der Waals surface area contributed by atoms with Crippen molar-refractivity contribution in [1.29, 1.82) is 0 Å². The zero-order valence-corrected chi connectivity index (χ0v) is 11.0. The number of carbonyl (C=O) groups excluding carboxylic acids is 2. The van der Waals surface area contributed by atoms with E-state index in [0.29, 0.717) is 24.3 Å². The smallest absolute Gasteiger partial charge is 0.251 e. The molecule has 100 valence electrons. The van der Waals surface area contributed by atoms with E-state index in [9.17, 15) is 9.59 Å². The zero-order chi connectivity index (χ0) is 13.4. The Hall–Kier alpha value is -1.84. The Morgan fingerprint density at radius 2 is 2.16 bits per heavy atom. The van der Waals surface area contributed by atoms with Gasteiger partial charge < -0.3 is 10.6 Å². The molecule has 0 aromatic heterocycles. The van der Waals surface area contributed by atoms with Gasteiger partial charge in [0.25, 0.3) is 5.91 Å². The van der Waals surface area contributed by atoms with Gasteiger partial charge in [-0.3, -0.25) is 9.59 Å². The minimum Gasteiger partial charge on any atom is -0.349 e. The molecule has 4 heteroatoms. The van der Waals surface area contributed by atoms with Crippen LogP contribution in [0.2, 0.25) is 0 Å². The molecule has 1 fully saturated rings. The van der Waals surface area contributed by atoms with E-state index >= 15 is 0 Å². The summed E-state index contributed by atoms with van der Waals surface area (Å²) in [6.45, 7) is 2.06. The van der Waals surface area contributed by atoms with E-state index in [1.165, 1.54) is 12.8 Å². The van der Waals surface area contributed by atoms with Gasteiger partial charge in [-0.15, -0.1) is 0 Å². The van der Waals surface area contributed by atoms with E-state index in [1.807, 2.05) is 12.1 Å². The van der Waals surface area contributed by atoms with Crippen molar-refractivity contribution < 1.29 is 9.59 Å². The fourth-order valence-electron chi connectivity index (χ4n) is 2.53. The van der Waals surface area contributed by atoms with E-state index in [2.05, 4.69) is 17.6 Å². The molecule has 4 nitrogen and oxygen atoms in total. The molecule has 0 radical (unpaired) electrons. The van der Waals surface area contributed by atoms with Crippen LogP contribution in [0.4, 0.5) is 5.69 Å². The molecule has 1 aliphatic carbocycles. The summed E-state index contributed by atoms with van der Waals surface area (Å²) in [5.41, 5.74) is 2.57. The van der Waals surface area contributed by atoms with Crippen LogP contribution in [-0.2, 0) is 11.2 Å². The van der Waals surface area contributed by atoms with Crippen LogP contribution in [0.25, 0.3) is 0 Å². The average molecular weight is 258 g/mol. The Balaban J connectivity index is 1.74. The van der Waals surface area contributed by atoms with Gasteiger partial charge in [-0.1, -0.05) is 0 Å². The average Bonchev–Trinajstić information content (AvgIpc) is 3.22. The monoisotopic (exact) mass is 258 g/mol. The first-order valence-corrected chi connectivity index (χ1v) is 6.87. The Kier molecular flexibility index (Phi) is 3.01. The largest absolute Gasteiger partial charge is 0.349 e. The van der Waals surface area contributed by atoms with Crippen LogP contribution in [0.3, 0.4) is 0 Å². The molecule has 1 aromatic rings. The number of aryl methyl sites for hydroxylation is 1. The number of nitrogens with one attached hydrogen (secondary N) is 2. The van der Waals surface area contributed by atoms with E-state index in [0.717, 1.165) is 11.3 Å². The third kappa shape index (κ3) is 2.62. The minimum absolute atomic E-state index is 0.0147. The fraction of sp³-hybridized carbons (Fsp3) is 0.467. The van der Waals surface area contributed by atoms with Crippen molar-refractivity contribution in [2.75, 3.05) is 5.32 Å². The first kappa shape index (κ1) is 12.2. The van der Waals surface area contributed by atoms with Crippen LogP contribution >= 0.6 is 0 Å². The van der Waals surface area contributed by atoms with Crippen LogP contribution in [0.1, 0.15) is 42.1 Å². The maximum atomic E-state index is 12.1. The normalized spacial score (nSPS) is 19.3. The number of hydrogen-bond acceptors (Lipinski definition) is 2. The molecule has 2 amide bonds. The number of benzene rings is 1. The molecule has 2 aliphatic rings. The maximum Gasteiger partial charge on any atom is 0.251 e. The van der Waals surface area contributed by atoms with E-state index in [1.54, 1.807) is 6.07 Å². The Labute approximate surface area is 112 Å². The molecule has 1 atom stereocenters. The highest BCUT2D eigenvalue weighted by Gasteiger charge is 2.29. The molecule has 1 saturated carbocycles. The Morgan fingerprint density at radius 1 is 1.37 bits per heavy atom. The van der Waals surface area contributed by atoms with Gasteiger partial charge in [0.15, 0.2) is 0 Å². The summed E-state index contributed by atoms with van der Waals surface area (Å²) in [6, 6.07) is 5.75. The van der Waals surface area contributed by atoms with Crippen LogP contribution in [0.5, 0.6) is 0 Å². The number of amides is 2. The van der Waals surface area contributed by atoms with E-state index in [4.69, 9.17) is 0 Å². The van der Waals surface area contributed by atoms with Gasteiger partial charge in [0, 0.05) is 23.7 Å². The molecule has 0 bridgehead atoms. The van der Waals surface area contributed by atoms with Crippen molar-refractivity contribution in [3.63, 3.8) is 0 Å². The second kappa shape index (κ2) is 4.68. The molecular weight excluding hydrogens is 240 g/mol. The van der Waals surface area contributed by atoms with Crippen molar-refractivity contribution in [2.24, 2.45) is 5.92 Å². The Bertz CT molecular complexity index is 535. The molecule has 1 unspecified atom stereocenters. The number of anilines is 1. The maximum absolute atomic E-state index is 12.1. The van der Waals surface area contributed by atoms with Gasteiger partial charge in [-0.05, 0) is 55.9 Å². The van der Waals surface area contributed by atoms with Crippen molar-refractivity contribution in [1.82, 2.24) is 5.32 Å². The van der Waals surface area contributed by atoms with E-state index < -0.39 is 0 Å². The lowest BCUT2D eigenvalue weighted by atomic mass is 10.00. The lowest BCUT2D eigenvalue weighted by Gasteiger charge is -2.18. The molecule has 1 heterocycles. The quantitative estimate of drug-likeness (QED) is 0.872. The predicted molar refractivity (Wildman–Crippen MR) is 73.0 cm³/mol. The third-order valence-corrected chi connectivity index (χ3v) is 3.95. The van der Waals surface area contributed by atoms with Crippen molar-refractivity contribution >= 4 is 17.5 Å². The second-order valence-corrected chi connectivity index (χ2v) is 5.52. The number of rotatable bonds is 3. The third-order valence-electron chi connectivity index (χ3n) is 3.95. The highest BCUT2D eigenvalue weighted by Crippen LogP contribution is 2.32. The van der Waals surface area contributed by atoms with Crippen LogP contribution in [0, 0.1) is 5.92 Å². The zero-order valence-electron chi connectivity index (χ0n) is 11.0. The molecule has 0 saturated heterocycles. The van der Waals surface area contributed by atoms with Gasteiger partial charge in [0.1, 0.15) is 0 Å². The van der Waals surface area contributed by atoms with Gasteiger partial charge in [-0.25, -0.2) is 0 Å². The summed E-state index contributed by atoms with van der Waals surface area (Å²) in [4.78, 5) is 23.4. The summed E-state index contributed by atoms with van der Waals surface area (Å²) < 4.78 is 0. The van der Waals surface area contributed by atoms with Crippen LogP contribution < -0.4 is 10.6 Å². The van der Waals surface area contributed by atoms with Crippen molar-refractivity contribution in [3.8, 4) is 0 Å². The molecule has 3 rings (SSSR count). The van der Waals surface area contributed by atoms with Gasteiger partial charge in [0.05, 0.1) is 0 Å². The summed E-state index contributed by atoms with van der Waals surface area (Å²) in [5, 5.41) is 5.87. The summed E-state index contributed by atoms with van der Waals surface area (Å²) >= 11 is 0. The predicted octanol–water partition coefficient (Wildman–Crippen LogP) is 2.10. The van der Waals surface area contributed by atoms with Crippen LogP contribution in [-0.4, -0.2) is 17.9 Å². The molecule has 0 spiro atoms. The number of hydrogen-bond donors (Lipinski definition) is 2. The highest BCUT2D eigenvalue weighted by atomic mass is 16.2. The summed E-state index contributed by atoms with van der Waals surface area (Å²) in [5.74, 6) is 0.687. The van der Waals surface area contributed by atoms with Crippen molar-refractivity contribution in [2.45, 2.75) is 38.6 Å². The number of carbonyl (C=O) groups is 2. The first-order valence-electron chi connectivity index (χ1n) is 6.87.